The number of amides is 2. The topological polar surface area (TPSA) is 107 Å². The molecule has 0 atom stereocenters. The van der Waals surface area contributed by atoms with Crippen LogP contribution < -0.4 is 20.1 Å². The van der Waals surface area contributed by atoms with E-state index >= 15 is 0 Å². The van der Waals surface area contributed by atoms with Gasteiger partial charge in [0.2, 0.25) is 0 Å². The van der Waals surface area contributed by atoms with Gasteiger partial charge in [-0.25, -0.2) is 9.78 Å². The van der Waals surface area contributed by atoms with Gasteiger partial charge in [0, 0.05) is 68.6 Å². The summed E-state index contributed by atoms with van der Waals surface area (Å²) in [6.07, 6.45) is 3.25. The van der Waals surface area contributed by atoms with Crippen LogP contribution in [0.4, 0.5) is 10.6 Å². The van der Waals surface area contributed by atoms with E-state index in [4.69, 9.17) is 14.2 Å². The summed E-state index contributed by atoms with van der Waals surface area (Å²) >= 11 is 0. The van der Waals surface area contributed by atoms with Gasteiger partial charge in [-0.3, -0.25) is 9.36 Å². The highest BCUT2D eigenvalue weighted by atomic mass is 16.5. The van der Waals surface area contributed by atoms with Crippen molar-refractivity contribution in [3.8, 4) is 17.2 Å². The smallest absolute Gasteiger partial charge is 0.325 e. The summed E-state index contributed by atoms with van der Waals surface area (Å²) in [5.41, 5.74) is 2.47. The van der Waals surface area contributed by atoms with Gasteiger partial charge in [-0.05, 0) is 42.9 Å². The second-order valence-corrected chi connectivity index (χ2v) is 9.41. The molecule has 10 heteroatoms. The lowest BCUT2D eigenvalue weighted by atomic mass is 9.91. The van der Waals surface area contributed by atoms with E-state index in [1.54, 1.807) is 50.8 Å². The Balaban J connectivity index is 1.33. The number of hydrogen-bond donors (Lipinski definition) is 2. The van der Waals surface area contributed by atoms with Gasteiger partial charge in [0.1, 0.15) is 18.2 Å². The quantitative estimate of drug-likeness (QED) is 0.311. The fraction of sp³-hybridized carbons (Fsp3) is 0.276. The predicted octanol–water partition coefficient (Wildman–Crippen LogP) is 4.32. The average molecular weight is 530 g/mol. The van der Waals surface area contributed by atoms with Crippen molar-refractivity contribution in [2.75, 3.05) is 52.8 Å². The van der Waals surface area contributed by atoms with Gasteiger partial charge in [0.25, 0.3) is 5.91 Å². The molecule has 1 saturated heterocycles. The summed E-state index contributed by atoms with van der Waals surface area (Å²) in [7, 11) is 5.26. The number of nitrogens with one attached hydrogen (secondary N) is 2. The van der Waals surface area contributed by atoms with Crippen LogP contribution in [0, 0.1) is 0 Å². The molecule has 1 fully saturated rings. The normalized spacial score (nSPS) is 13.6. The number of methoxy groups -OCH3 is 1. The number of pyridine rings is 1. The molecule has 1 aliphatic heterocycles. The van der Waals surface area contributed by atoms with Crippen molar-refractivity contribution in [2.45, 2.75) is 5.92 Å². The Hall–Kier alpha value is -4.41. The average Bonchev–Trinajstić information content (AvgIpc) is 3.34. The summed E-state index contributed by atoms with van der Waals surface area (Å²) in [5, 5.41) is 6.26. The number of likely N-dealkylation sites (tertiary alicyclic amines) is 1. The van der Waals surface area contributed by atoms with Crippen molar-refractivity contribution in [1.29, 1.82) is 0 Å². The van der Waals surface area contributed by atoms with Gasteiger partial charge in [-0.1, -0.05) is 12.1 Å². The van der Waals surface area contributed by atoms with E-state index in [2.05, 4.69) is 27.6 Å². The van der Waals surface area contributed by atoms with Crippen LogP contribution >= 0.6 is 0 Å². The van der Waals surface area contributed by atoms with Gasteiger partial charge < -0.3 is 29.7 Å². The summed E-state index contributed by atoms with van der Waals surface area (Å²) in [6.45, 7) is 2.76. The molecule has 2 amide bonds. The second-order valence-electron chi connectivity index (χ2n) is 9.41. The van der Waals surface area contributed by atoms with Crippen LogP contribution in [-0.4, -0.2) is 73.9 Å². The Labute approximate surface area is 226 Å². The van der Waals surface area contributed by atoms with Crippen molar-refractivity contribution < 1.29 is 23.8 Å². The largest absolute Gasteiger partial charge is 0.487 e. The number of anilines is 1. The van der Waals surface area contributed by atoms with Gasteiger partial charge in [0.15, 0.2) is 11.5 Å². The molecule has 0 radical (unpaired) electrons. The first-order valence-electron chi connectivity index (χ1n) is 12.7. The van der Waals surface area contributed by atoms with Crippen molar-refractivity contribution in [3.63, 3.8) is 0 Å². The van der Waals surface area contributed by atoms with Crippen molar-refractivity contribution in [1.82, 2.24) is 19.8 Å². The highest BCUT2D eigenvalue weighted by Crippen LogP contribution is 2.36. The molecule has 5 rings (SSSR count). The lowest BCUT2D eigenvalue weighted by Crippen LogP contribution is -2.41. The molecule has 2 aromatic carbocycles. The summed E-state index contributed by atoms with van der Waals surface area (Å²) < 4.78 is 18.7. The fourth-order valence-corrected chi connectivity index (χ4v) is 4.54. The number of likely N-dealkylation sites (N-methyl/N-ethyl adjacent to an activating group) is 1. The zero-order chi connectivity index (χ0) is 27.4. The molecule has 0 unspecified atom stereocenters. The molecular weight excluding hydrogens is 498 g/mol. The van der Waals surface area contributed by atoms with Crippen molar-refractivity contribution >= 4 is 28.7 Å². The Bertz CT molecular complexity index is 1480. The first kappa shape index (κ1) is 26.2. The van der Waals surface area contributed by atoms with Crippen molar-refractivity contribution in [2.24, 2.45) is 0 Å². The maximum Gasteiger partial charge on any atom is 0.325 e. The molecular formula is C29H31N5O5. The van der Waals surface area contributed by atoms with E-state index in [1.165, 1.54) is 10.1 Å². The highest BCUT2D eigenvalue weighted by molar-refractivity contribution is 6.03. The van der Waals surface area contributed by atoms with E-state index in [9.17, 15) is 9.59 Å². The lowest BCUT2D eigenvalue weighted by molar-refractivity contribution is 0.102. The van der Waals surface area contributed by atoms with Gasteiger partial charge >= 0.3 is 6.03 Å². The maximum absolute atomic E-state index is 12.9. The molecule has 0 spiro atoms. The Morgan fingerprint density at radius 3 is 2.54 bits per heavy atom. The third-order valence-corrected chi connectivity index (χ3v) is 6.64. The molecule has 202 valence electrons. The summed E-state index contributed by atoms with van der Waals surface area (Å²) in [4.78, 5) is 31.7. The van der Waals surface area contributed by atoms with Gasteiger partial charge in [-0.15, -0.1) is 0 Å². The minimum atomic E-state index is -0.263. The first-order chi connectivity index (χ1) is 18.9. The fourth-order valence-electron chi connectivity index (χ4n) is 4.54. The number of aromatic nitrogens is 2. The van der Waals surface area contributed by atoms with Crippen LogP contribution in [-0.2, 0) is 4.74 Å². The third kappa shape index (κ3) is 5.87. The zero-order valence-corrected chi connectivity index (χ0v) is 22.1. The molecule has 0 saturated carbocycles. The van der Waals surface area contributed by atoms with E-state index in [0.717, 1.165) is 18.5 Å². The molecule has 0 bridgehead atoms. The number of fused-ring (bicyclic) bond motifs is 1. The number of benzene rings is 2. The molecule has 2 aromatic heterocycles. The maximum atomic E-state index is 12.9. The van der Waals surface area contributed by atoms with Gasteiger partial charge in [0.05, 0.1) is 12.1 Å². The third-order valence-electron chi connectivity index (χ3n) is 6.64. The number of nitrogens with zero attached hydrogens (tertiary/aromatic N) is 3. The Kier molecular flexibility index (Phi) is 7.76. The summed E-state index contributed by atoms with van der Waals surface area (Å²) in [6, 6.07) is 16.2. The molecule has 4 aromatic rings. The summed E-state index contributed by atoms with van der Waals surface area (Å²) in [5.74, 6) is 1.99. The molecule has 3 heterocycles. The highest BCUT2D eigenvalue weighted by Gasteiger charge is 2.24. The van der Waals surface area contributed by atoms with E-state index in [-0.39, 0.29) is 11.9 Å². The SMILES string of the molecule is CNC(=O)n1ccc2cc(Oc3ccnc(NC(=O)c4ccc(C5CN(C)C5)cc4)c3)c(OCCOC)cc21. The molecule has 10 nitrogen and oxygen atoms in total. The van der Waals surface area contributed by atoms with Gasteiger partial charge in [-0.2, -0.15) is 0 Å². The van der Waals surface area contributed by atoms with Crippen LogP contribution in [0.1, 0.15) is 21.8 Å². The minimum Gasteiger partial charge on any atom is -0.487 e. The zero-order valence-electron chi connectivity index (χ0n) is 22.1. The molecule has 39 heavy (non-hydrogen) atoms. The monoisotopic (exact) mass is 529 g/mol. The van der Waals surface area contributed by atoms with E-state index in [0.29, 0.717) is 53.3 Å². The predicted molar refractivity (Wildman–Crippen MR) is 148 cm³/mol. The van der Waals surface area contributed by atoms with Crippen LogP contribution in [0.25, 0.3) is 10.9 Å². The lowest BCUT2D eigenvalue weighted by Gasteiger charge is -2.36. The number of carbonyl (C=O) groups excluding carboxylic acids is 2. The van der Waals surface area contributed by atoms with Crippen LogP contribution in [0.5, 0.6) is 17.2 Å². The van der Waals surface area contributed by atoms with E-state index < -0.39 is 0 Å². The van der Waals surface area contributed by atoms with Crippen LogP contribution in [0.3, 0.4) is 0 Å². The molecule has 0 aliphatic carbocycles. The Morgan fingerprint density at radius 2 is 1.82 bits per heavy atom. The second kappa shape index (κ2) is 11.5. The number of ether oxygens (including phenoxy) is 3. The first-order valence-corrected chi connectivity index (χ1v) is 12.7. The molecule has 2 N–H and O–H groups in total. The van der Waals surface area contributed by atoms with Crippen molar-refractivity contribution in [3.05, 3.63) is 78.1 Å². The molecule has 1 aliphatic rings. The van der Waals surface area contributed by atoms with Crippen LogP contribution in [0.15, 0.2) is 67.0 Å². The van der Waals surface area contributed by atoms with Crippen LogP contribution in [0.2, 0.25) is 0 Å². The Morgan fingerprint density at radius 1 is 1.03 bits per heavy atom. The number of carbonyl (C=O) groups is 2. The minimum absolute atomic E-state index is 0.252. The standard InChI is InChI=1S/C29H31N5O5/c1-30-29(36)34-11-9-21-14-26(25(16-24(21)34)38-13-12-37-3)39-23-8-10-31-27(15-23)32-28(35)20-6-4-19(5-7-20)22-17-33(2)18-22/h4-11,14-16,22H,12-13,17-18H2,1-3H3,(H,30,36)(H,31,32,35). The number of hydrogen-bond acceptors (Lipinski definition) is 7. The van der Waals surface area contributed by atoms with E-state index in [1.807, 2.05) is 30.3 Å². The number of rotatable bonds is 9.